The van der Waals surface area contributed by atoms with E-state index in [1.165, 1.54) is 23.1 Å². The molecule has 0 spiro atoms. The summed E-state index contributed by atoms with van der Waals surface area (Å²) in [5.41, 5.74) is 2.32. The second kappa shape index (κ2) is 5.11. The number of rotatable bonds is 2. The normalized spacial score (nSPS) is 19.3. The topological polar surface area (TPSA) is 57.7 Å². The summed E-state index contributed by atoms with van der Waals surface area (Å²) in [7, 11) is 0. The van der Waals surface area contributed by atoms with Crippen LogP contribution in [0.2, 0.25) is 0 Å². The lowest BCUT2D eigenvalue weighted by Gasteiger charge is -2.32. The molecule has 1 atom stereocenters. The Morgan fingerprint density at radius 2 is 2.29 bits per heavy atom. The molecule has 0 bridgehead atoms. The van der Waals surface area contributed by atoms with Crippen LogP contribution in [0, 0.1) is 6.92 Å². The molecule has 3 aromatic heterocycles. The van der Waals surface area contributed by atoms with Crippen molar-refractivity contribution in [2.24, 2.45) is 0 Å². The molecule has 6 heteroatoms. The van der Waals surface area contributed by atoms with Gasteiger partial charge in [0.05, 0.1) is 10.2 Å². The van der Waals surface area contributed by atoms with Crippen LogP contribution in [0.1, 0.15) is 30.1 Å². The van der Waals surface area contributed by atoms with E-state index in [9.17, 15) is 0 Å². The van der Waals surface area contributed by atoms with Gasteiger partial charge in [0.1, 0.15) is 18.0 Å². The van der Waals surface area contributed by atoms with Crippen LogP contribution in [-0.4, -0.2) is 33.0 Å². The molecule has 0 unspecified atom stereocenters. The number of piperidine rings is 1. The number of hydrogen-bond acceptors (Lipinski definition) is 5. The number of thiophene rings is 1. The maximum absolute atomic E-state index is 4.55. The summed E-state index contributed by atoms with van der Waals surface area (Å²) in [4.78, 5) is 19.0. The summed E-state index contributed by atoms with van der Waals surface area (Å²) in [6, 6.07) is 0. The van der Waals surface area contributed by atoms with Crippen LogP contribution in [0.5, 0.6) is 0 Å². The number of fused-ring (bicyclic) bond motifs is 1. The average molecular weight is 299 g/mol. The first-order chi connectivity index (χ1) is 10.3. The molecular formula is C15H17N5S. The number of H-pyrrole nitrogens is 1. The van der Waals surface area contributed by atoms with Gasteiger partial charge in [-0.25, -0.2) is 15.0 Å². The number of aromatic amines is 1. The number of hydrogen-bond donors (Lipinski definition) is 1. The summed E-state index contributed by atoms with van der Waals surface area (Å²) in [6.07, 6.45) is 7.77. The van der Waals surface area contributed by atoms with Gasteiger partial charge in [-0.3, -0.25) is 0 Å². The lowest BCUT2D eigenvalue weighted by atomic mass is 9.97. The van der Waals surface area contributed by atoms with Crippen molar-refractivity contribution >= 4 is 27.4 Å². The third-order valence-electron chi connectivity index (χ3n) is 4.14. The highest BCUT2D eigenvalue weighted by molar-refractivity contribution is 7.18. The molecule has 5 nitrogen and oxygen atoms in total. The summed E-state index contributed by atoms with van der Waals surface area (Å²) < 4.78 is 1.20. The van der Waals surface area contributed by atoms with Crippen LogP contribution < -0.4 is 4.90 Å². The second-order valence-corrected chi connectivity index (χ2v) is 6.43. The van der Waals surface area contributed by atoms with Gasteiger partial charge in [0, 0.05) is 31.4 Å². The molecule has 0 aromatic carbocycles. The lowest BCUT2D eigenvalue weighted by molar-refractivity contribution is 0.492. The highest BCUT2D eigenvalue weighted by Crippen LogP contribution is 2.34. The molecule has 4 rings (SSSR count). The Bertz CT molecular complexity index is 749. The zero-order chi connectivity index (χ0) is 14.2. The number of aromatic nitrogens is 4. The minimum Gasteiger partial charge on any atom is -0.355 e. The van der Waals surface area contributed by atoms with Gasteiger partial charge in [0.15, 0.2) is 0 Å². The molecular weight excluding hydrogens is 282 g/mol. The average Bonchev–Trinajstić information content (AvgIpc) is 3.18. The van der Waals surface area contributed by atoms with Crippen molar-refractivity contribution in [3.8, 4) is 0 Å². The highest BCUT2D eigenvalue weighted by atomic mass is 32.1. The van der Waals surface area contributed by atoms with Gasteiger partial charge in [-0.1, -0.05) is 0 Å². The largest absolute Gasteiger partial charge is 0.355 e. The van der Waals surface area contributed by atoms with Crippen LogP contribution in [0.4, 0.5) is 5.82 Å². The van der Waals surface area contributed by atoms with E-state index in [0.717, 1.165) is 30.2 Å². The van der Waals surface area contributed by atoms with Crippen LogP contribution in [0.25, 0.3) is 10.2 Å². The van der Waals surface area contributed by atoms with Crippen molar-refractivity contribution in [2.75, 3.05) is 18.0 Å². The van der Waals surface area contributed by atoms with Gasteiger partial charge in [-0.05, 0) is 30.7 Å². The Labute approximate surface area is 127 Å². The van der Waals surface area contributed by atoms with Crippen molar-refractivity contribution in [1.29, 1.82) is 0 Å². The Morgan fingerprint density at radius 3 is 3.14 bits per heavy atom. The fourth-order valence-corrected chi connectivity index (χ4v) is 4.09. The summed E-state index contributed by atoms with van der Waals surface area (Å²) in [5.74, 6) is 2.63. The molecule has 0 amide bonds. The number of imidazole rings is 1. The maximum Gasteiger partial charge on any atom is 0.150 e. The van der Waals surface area contributed by atoms with E-state index in [0.29, 0.717) is 5.92 Å². The van der Waals surface area contributed by atoms with Crippen molar-refractivity contribution in [3.05, 3.63) is 35.5 Å². The molecule has 21 heavy (non-hydrogen) atoms. The van der Waals surface area contributed by atoms with Crippen LogP contribution >= 0.6 is 11.3 Å². The molecule has 1 fully saturated rings. The van der Waals surface area contributed by atoms with E-state index < -0.39 is 0 Å². The van der Waals surface area contributed by atoms with E-state index in [-0.39, 0.29) is 0 Å². The van der Waals surface area contributed by atoms with Crippen LogP contribution in [0.3, 0.4) is 0 Å². The lowest BCUT2D eigenvalue weighted by Crippen LogP contribution is -2.35. The Hall–Kier alpha value is -1.95. The van der Waals surface area contributed by atoms with Crippen molar-refractivity contribution in [3.63, 3.8) is 0 Å². The zero-order valence-corrected chi connectivity index (χ0v) is 12.7. The molecule has 0 radical (unpaired) electrons. The first-order valence-electron chi connectivity index (χ1n) is 7.26. The van der Waals surface area contributed by atoms with Gasteiger partial charge in [-0.2, -0.15) is 0 Å². The minimum absolute atomic E-state index is 0.458. The third-order valence-corrected chi connectivity index (χ3v) is 5.22. The molecule has 1 aliphatic heterocycles. The number of nitrogens with zero attached hydrogens (tertiary/aromatic N) is 4. The van der Waals surface area contributed by atoms with E-state index in [1.54, 1.807) is 17.7 Å². The van der Waals surface area contributed by atoms with Crippen LogP contribution in [-0.2, 0) is 0 Å². The van der Waals surface area contributed by atoms with E-state index in [2.05, 4.69) is 37.1 Å². The SMILES string of the molecule is Cc1csc2c(N3CCC[C@H](c4ncc[nH]4)C3)ncnc12. The Kier molecular flexibility index (Phi) is 3.11. The van der Waals surface area contributed by atoms with E-state index in [4.69, 9.17) is 0 Å². The fraction of sp³-hybridized carbons (Fsp3) is 0.400. The van der Waals surface area contributed by atoms with Gasteiger partial charge in [-0.15, -0.1) is 11.3 Å². The van der Waals surface area contributed by atoms with Crippen LogP contribution in [0.15, 0.2) is 24.1 Å². The van der Waals surface area contributed by atoms with E-state index >= 15 is 0 Å². The fourth-order valence-electron chi connectivity index (χ4n) is 3.08. The molecule has 4 heterocycles. The molecule has 0 aliphatic carbocycles. The zero-order valence-electron chi connectivity index (χ0n) is 11.9. The predicted molar refractivity (Wildman–Crippen MR) is 84.9 cm³/mol. The number of anilines is 1. The van der Waals surface area contributed by atoms with Gasteiger partial charge < -0.3 is 9.88 Å². The number of aryl methyl sites for hydroxylation is 1. The highest BCUT2D eigenvalue weighted by Gasteiger charge is 2.25. The second-order valence-electron chi connectivity index (χ2n) is 5.55. The number of nitrogens with one attached hydrogen (secondary N) is 1. The maximum atomic E-state index is 4.55. The monoisotopic (exact) mass is 299 g/mol. The Morgan fingerprint density at radius 1 is 1.33 bits per heavy atom. The summed E-state index contributed by atoms with van der Waals surface area (Å²) in [5, 5.41) is 2.16. The molecule has 1 saturated heterocycles. The summed E-state index contributed by atoms with van der Waals surface area (Å²) in [6.45, 7) is 4.13. The molecule has 3 aromatic rings. The van der Waals surface area contributed by atoms with Crippen molar-refractivity contribution in [1.82, 2.24) is 19.9 Å². The molecule has 108 valence electrons. The first-order valence-corrected chi connectivity index (χ1v) is 8.14. The quantitative estimate of drug-likeness (QED) is 0.790. The Balaban J connectivity index is 1.68. The minimum atomic E-state index is 0.458. The summed E-state index contributed by atoms with van der Waals surface area (Å²) >= 11 is 1.74. The third kappa shape index (κ3) is 2.19. The first kappa shape index (κ1) is 12.8. The molecule has 0 saturated carbocycles. The van der Waals surface area contributed by atoms with Crippen molar-refractivity contribution < 1.29 is 0 Å². The van der Waals surface area contributed by atoms with Crippen molar-refractivity contribution in [2.45, 2.75) is 25.7 Å². The van der Waals surface area contributed by atoms with Gasteiger partial charge >= 0.3 is 0 Å². The van der Waals surface area contributed by atoms with E-state index in [1.807, 2.05) is 12.4 Å². The molecule has 1 aliphatic rings. The standard InChI is InChI=1S/C15H17N5S/c1-10-8-21-13-12(10)18-9-19-15(13)20-6-2-3-11(7-20)14-16-4-5-17-14/h4-5,8-9,11H,2-3,6-7H2,1H3,(H,16,17)/t11-/m0/s1. The van der Waals surface area contributed by atoms with Gasteiger partial charge in [0.25, 0.3) is 0 Å². The predicted octanol–water partition coefficient (Wildman–Crippen LogP) is 3.11. The van der Waals surface area contributed by atoms with Gasteiger partial charge in [0.2, 0.25) is 0 Å². The molecule has 1 N–H and O–H groups in total. The smallest absolute Gasteiger partial charge is 0.150 e.